The molecule has 116 valence electrons. The van der Waals surface area contributed by atoms with Crippen LogP contribution in [0.1, 0.15) is 36.5 Å². The van der Waals surface area contributed by atoms with Gasteiger partial charge in [0.25, 0.3) is 0 Å². The minimum atomic E-state index is -3.69. The fraction of sp³-hybridized carbons (Fsp3) is 0.500. The van der Waals surface area contributed by atoms with Gasteiger partial charge in [0.1, 0.15) is 4.90 Å². The maximum atomic E-state index is 12.4. The van der Waals surface area contributed by atoms with Gasteiger partial charge in [-0.15, -0.1) is 0 Å². The van der Waals surface area contributed by atoms with Crippen LogP contribution < -0.4 is 10.5 Å². The second kappa shape index (κ2) is 6.03. The van der Waals surface area contributed by atoms with Crippen molar-refractivity contribution in [3.63, 3.8) is 0 Å². The van der Waals surface area contributed by atoms with E-state index in [1.807, 2.05) is 6.92 Å². The van der Waals surface area contributed by atoms with E-state index in [0.29, 0.717) is 5.92 Å². The maximum Gasteiger partial charge on any atom is 0.337 e. The Morgan fingerprint density at radius 2 is 2.10 bits per heavy atom. The average molecular weight is 312 g/mol. The molecule has 1 unspecified atom stereocenters. The Morgan fingerprint density at radius 1 is 1.43 bits per heavy atom. The van der Waals surface area contributed by atoms with Gasteiger partial charge in [0.2, 0.25) is 10.0 Å². The lowest BCUT2D eigenvalue weighted by atomic mass is 9.81. The zero-order chi connectivity index (χ0) is 15.6. The lowest BCUT2D eigenvalue weighted by Crippen LogP contribution is -2.40. The van der Waals surface area contributed by atoms with E-state index in [4.69, 9.17) is 5.73 Å². The number of nitrogen functional groups attached to an aromatic ring is 1. The van der Waals surface area contributed by atoms with Crippen molar-refractivity contribution in [1.82, 2.24) is 4.72 Å². The van der Waals surface area contributed by atoms with Crippen molar-refractivity contribution < 1.29 is 17.9 Å². The van der Waals surface area contributed by atoms with Crippen LogP contribution in [0.4, 0.5) is 5.69 Å². The fourth-order valence-corrected chi connectivity index (χ4v) is 3.81. The number of carbonyl (C=O) groups is 1. The number of nitrogens with one attached hydrogen (secondary N) is 1. The highest BCUT2D eigenvalue weighted by Crippen LogP contribution is 2.30. The number of carbonyl (C=O) groups excluding carboxylic acids is 1. The smallest absolute Gasteiger partial charge is 0.337 e. The summed E-state index contributed by atoms with van der Waals surface area (Å²) in [6, 6.07) is 3.92. The van der Waals surface area contributed by atoms with Crippen molar-refractivity contribution in [3.8, 4) is 0 Å². The zero-order valence-corrected chi connectivity index (χ0v) is 12.9. The number of anilines is 1. The summed E-state index contributed by atoms with van der Waals surface area (Å²) in [4.78, 5) is 11.4. The van der Waals surface area contributed by atoms with E-state index >= 15 is 0 Å². The second-order valence-electron chi connectivity index (χ2n) is 5.35. The molecule has 0 heterocycles. The van der Waals surface area contributed by atoms with Crippen molar-refractivity contribution in [2.24, 2.45) is 5.92 Å². The van der Waals surface area contributed by atoms with Gasteiger partial charge in [0.05, 0.1) is 18.4 Å². The highest BCUT2D eigenvalue weighted by atomic mass is 32.2. The Balaban J connectivity index is 2.21. The van der Waals surface area contributed by atoms with Crippen molar-refractivity contribution >= 4 is 21.7 Å². The van der Waals surface area contributed by atoms with E-state index in [9.17, 15) is 13.2 Å². The topological polar surface area (TPSA) is 98.5 Å². The van der Waals surface area contributed by atoms with E-state index in [1.54, 1.807) is 0 Å². The first-order valence-corrected chi connectivity index (χ1v) is 8.33. The van der Waals surface area contributed by atoms with Crippen LogP contribution in [0.5, 0.6) is 0 Å². The van der Waals surface area contributed by atoms with Gasteiger partial charge in [-0.3, -0.25) is 0 Å². The molecule has 0 amide bonds. The third-order valence-electron chi connectivity index (χ3n) is 3.92. The molecule has 0 aromatic heterocycles. The molecule has 1 aromatic carbocycles. The third-order valence-corrected chi connectivity index (χ3v) is 5.55. The lowest BCUT2D eigenvalue weighted by molar-refractivity contribution is 0.0600. The molecule has 0 saturated heterocycles. The maximum absolute atomic E-state index is 12.4. The number of ether oxygens (including phenoxy) is 1. The molecule has 0 radical (unpaired) electrons. The van der Waals surface area contributed by atoms with Crippen molar-refractivity contribution in [2.75, 3.05) is 12.8 Å². The molecule has 3 N–H and O–H groups in total. The molecule has 6 nitrogen and oxygen atoms in total. The highest BCUT2D eigenvalue weighted by molar-refractivity contribution is 7.89. The van der Waals surface area contributed by atoms with Gasteiger partial charge < -0.3 is 10.5 Å². The van der Waals surface area contributed by atoms with Gasteiger partial charge in [-0.25, -0.2) is 17.9 Å². The number of sulfonamides is 1. The van der Waals surface area contributed by atoms with Crippen LogP contribution in [-0.4, -0.2) is 27.5 Å². The molecule has 0 bridgehead atoms. The van der Waals surface area contributed by atoms with E-state index in [-0.39, 0.29) is 22.2 Å². The standard InChI is InChI=1S/C14H20N2O4S/c1-9(10-4-3-5-10)16-21(18,19)13-7-6-11(8-12(13)15)14(17)20-2/h6-10,16H,3-5,15H2,1-2H3. The summed E-state index contributed by atoms with van der Waals surface area (Å²) < 4.78 is 31.9. The first kappa shape index (κ1) is 15.8. The molecule has 21 heavy (non-hydrogen) atoms. The quantitative estimate of drug-likeness (QED) is 0.634. The normalized spacial score (nSPS) is 17.0. The average Bonchev–Trinajstić information content (AvgIpc) is 2.34. The summed E-state index contributed by atoms with van der Waals surface area (Å²) in [5.41, 5.74) is 6.03. The first-order chi connectivity index (χ1) is 9.85. The lowest BCUT2D eigenvalue weighted by Gasteiger charge is -2.31. The zero-order valence-electron chi connectivity index (χ0n) is 12.1. The molecule has 1 saturated carbocycles. The third kappa shape index (κ3) is 3.36. The monoisotopic (exact) mass is 312 g/mol. The summed E-state index contributed by atoms with van der Waals surface area (Å²) in [5, 5.41) is 0. The molecule has 1 fully saturated rings. The van der Waals surface area contributed by atoms with Gasteiger partial charge in [0, 0.05) is 6.04 Å². The van der Waals surface area contributed by atoms with Crippen LogP contribution >= 0.6 is 0 Å². The summed E-state index contributed by atoms with van der Waals surface area (Å²) in [6.45, 7) is 1.86. The second-order valence-corrected chi connectivity index (χ2v) is 7.03. The van der Waals surface area contributed by atoms with E-state index in [0.717, 1.165) is 19.3 Å². The molecule has 7 heteroatoms. The van der Waals surface area contributed by atoms with Crippen LogP contribution in [-0.2, 0) is 14.8 Å². The molecular formula is C14H20N2O4S. The van der Waals surface area contributed by atoms with E-state index in [1.165, 1.54) is 25.3 Å². The number of benzene rings is 1. The van der Waals surface area contributed by atoms with E-state index in [2.05, 4.69) is 9.46 Å². The predicted octanol–water partition coefficient (Wildman–Crippen LogP) is 1.52. The molecular weight excluding hydrogens is 292 g/mol. The van der Waals surface area contributed by atoms with Crippen LogP contribution in [0.2, 0.25) is 0 Å². The Morgan fingerprint density at radius 3 is 2.57 bits per heavy atom. The van der Waals surface area contributed by atoms with Gasteiger partial charge in [0.15, 0.2) is 0 Å². The molecule has 0 aliphatic heterocycles. The van der Waals surface area contributed by atoms with Crippen molar-refractivity contribution in [3.05, 3.63) is 23.8 Å². The summed E-state index contributed by atoms with van der Waals surface area (Å²) in [6.07, 6.45) is 3.23. The number of nitrogens with two attached hydrogens (primary N) is 1. The van der Waals surface area contributed by atoms with Crippen molar-refractivity contribution in [1.29, 1.82) is 0 Å². The highest BCUT2D eigenvalue weighted by Gasteiger charge is 2.28. The Labute approximate surface area is 124 Å². The Kier molecular flexibility index (Phi) is 4.53. The van der Waals surface area contributed by atoms with Gasteiger partial charge in [-0.1, -0.05) is 6.42 Å². The minimum Gasteiger partial charge on any atom is -0.465 e. The molecule has 0 spiro atoms. The van der Waals surface area contributed by atoms with Crippen molar-refractivity contribution in [2.45, 2.75) is 37.1 Å². The van der Waals surface area contributed by atoms with Crippen LogP contribution in [0.15, 0.2) is 23.1 Å². The number of esters is 1. The number of methoxy groups -OCH3 is 1. The fourth-order valence-electron chi connectivity index (χ4n) is 2.38. The number of hydrogen-bond acceptors (Lipinski definition) is 5. The summed E-state index contributed by atoms with van der Waals surface area (Å²) in [5.74, 6) is -0.170. The minimum absolute atomic E-state index is 0.0127. The molecule has 1 aromatic rings. The Hall–Kier alpha value is -1.60. The number of rotatable bonds is 5. The van der Waals surface area contributed by atoms with Crippen LogP contribution in [0.3, 0.4) is 0 Å². The molecule has 1 aliphatic rings. The largest absolute Gasteiger partial charge is 0.465 e. The molecule has 1 aliphatic carbocycles. The first-order valence-electron chi connectivity index (χ1n) is 6.85. The SMILES string of the molecule is COC(=O)c1ccc(S(=O)(=O)NC(C)C2CCC2)c(N)c1. The number of hydrogen-bond donors (Lipinski definition) is 2. The Bertz CT molecular complexity index is 638. The summed E-state index contributed by atoms with van der Waals surface area (Å²) in [7, 11) is -2.43. The molecule has 2 rings (SSSR count). The predicted molar refractivity (Wildman–Crippen MR) is 79.3 cm³/mol. The van der Waals surface area contributed by atoms with Crippen LogP contribution in [0.25, 0.3) is 0 Å². The van der Waals surface area contributed by atoms with Gasteiger partial charge >= 0.3 is 5.97 Å². The van der Waals surface area contributed by atoms with Gasteiger partial charge in [-0.05, 0) is 43.9 Å². The van der Waals surface area contributed by atoms with Crippen LogP contribution in [0, 0.1) is 5.92 Å². The summed E-state index contributed by atoms with van der Waals surface area (Å²) >= 11 is 0. The molecule has 1 atom stereocenters. The van der Waals surface area contributed by atoms with E-state index < -0.39 is 16.0 Å². The van der Waals surface area contributed by atoms with Gasteiger partial charge in [-0.2, -0.15) is 0 Å².